The molecule has 22 heavy (non-hydrogen) atoms. The van der Waals surface area contributed by atoms with Crippen molar-refractivity contribution in [2.45, 2.75) is 31.3 Å². The number of hydrogen-bond donors (Lipinski definition) is 3. The predicted molar refractivity (Wildman–Crippen MR) is 85.1 cm³/mol. The monoisotopic (exact) mass is 387 g/mol. The topological polar surface area (TPSA) is 101 Å². The molecule has 2 rings (SSSR count). The number of nitrogens with one attached hydrogen (secondary N) is 2. The van der Waals surface area contributed by atoms with Crippen molar-refractivity contribution in [2.75, 3.05) is 0 Å². The lowest BCUT2D eigenvalue weighted by Crippen LogP contribution is -2.51. The number of primary amides is 1. The molecule has 4 N–H and O–H groups in total. The third-order valence-electron chi connectivity index (χ3n) is 3.40. The van der Waals surface area contributed by atoms with Gasteiger partial charge in [-0.25, -0.2) is 0 Å². The number of rotatable bonds is 5. The normalized spacial score (nSPS) is 18.6. The number of carbonyl (C=O) groups is 3. The van der Waals surface area contributed by atoms with Gasteiger partial charge in [0.2, 0.25) is 17.7 Å². The van der Waals surface area contributed by atoms with Crippen LogP contribution in [0.4, 0.5) is 0 Å². The Kier molecular flexibility index (Phi) is 5.42. The highest BCUT2D eigenvalue weighted by atomic mass is 79.9. The molecule has 0 aliphatic carbocycles. The Bertz CT molecular complexity index is 623. The zero-order valence-electron chi connectivity index (χ0n) is 11.6. The van der Waals surface area contributed by atoms with Crippen LogP contribution in [0.25, 0.3) is 0 Å². The van der Waals surface area contributed by atoms with Crippen LogP contribution in [0, 0.1) is 0 Å². The summed E-state index contributed by atoms with van der Waals surface area (Å²) in [5, 5.41) is 5.65. The lowest BCUT2D eigenvalue weighted by atomic mass is 10.0. The summed E-state index contributed by atoms with van der Waals surface area (Å²) in [5.41, 5.74) is 6.11. The van der Waals surface area contributed by atoms with Crippen LogP contribution in [0.15, 0.2) is 22.7 Å². The maximum atomic E-state index is 12.1. The Morgan fingerprint density at radius 3 is 2.82 bits per heavy atom. The highest BCUT2D eigenvalue weighted by molar-refractivity contribution is 9.10. The summed E-state index contributed by atoms with van der Waals surface area (Å²) in [5.74, 6) is -1.23. The van der Waals surface area contributed by atoms with Crippen molar-refractivity contribution in [3.8, 4) is 0 Å². The Labute approximate surface area is 140 Å². The first kappa shape index (κ1) is 16.8. The highest BCUT2D eigenvalue weighted by Gasteiger charge is 2.30. The van der Waals surface area contributed by atoms with Crippen molar-refractivity contribution in [1.82, 2.24) is 10.6 Å². The fourth-order valence-corrected chi connectivity index (χ4v) is 2.83. The second kappa shape index (κ2) is 7.11. The Hall–Kier alpha value is -1.60. The van der Waals surface area contributed by atoms with E-state index in [4.69, 9.17) is 17.3 Å². The van der Waals surface area contributed by atoms with E-state index in [9.17, 15) is 14.4 Å². The van der Waals surface area contributed by atoms with Gasteiger partial charge in [-0.15, -0.1) is 0 Å². The first-order chi connectivity index (χ1) is 10.4. The average molecular weight is 389 g/mol. The average Bonchev–Trinajstić information content (AvgIpc) is 2.88. The molecule has 0 bridgehead atoms. The number of nitrogens with two attached hydrogens (primary N) is 1. The molecular weight excluding hydrogens is 374 g/mol. The smallest absolute Gasteiger partial charge is 0.243 e. The quantitative estimate of drug-likeness (QED) is 0.698. The molecular formula is C14H15BrClN3O3. The second-order valence-corrected chi connectivity index (χ2v) is 6.35. The molecule has 1 aromatic rings. The Morgan fingerprint density at radius 2 is 2.23 bits per heavy atom. The summed E-state index contributed by atoms with van der Waals surface area (Å²) in [6, 6.07) is 3.68. The first-order valence-corrected chi connectivity index (χ1v) is 7.87. The summed E-state index contributed by atoms with van der Waals surface area (Å²) in [6.45, 7) is 0. The van der Waals surface area contributed by atoms with Crippen LogP contribution < -0.4 is 16.4 Å². The third-order valence-corrected chi connectivity index (χ3v) is 4.41. The van der Waals surface area contributed by atoms with Gasteiger partial charge < -0.3 is 16.4 Å². The number of halogens is 2. The van der Waals surface area contributed by atoms with Crippen LogP contribution in [0.3, 0.4) is 0 Å². The molecule has 1 aliphatic rings. The first-order valence-electron chi connectivity index (χ1n) is 6.70. The molecule has 8 heteroatoms. The molecule has 0 aromatic heterocycles. The number of hydrogen-bond acceptors (Lipinski definition) is 3. The van der Waals surface area contributed by atoms with E-state index in [1.165, 1.54) is 0 Å². The summed E-state index contributed by atoms with van der Waals surface area (Å²) < 4.78 is 0.770. The molecule has 1 aromatic carbocycles. The molecule has 0 unspecified atom stereocenters. The summed E-state index contributed by atoms with van der Waals surface area (Å²) >= 11 is 9.30. The van der Waals surface area contributed by atoms with E-state index in [1.807, 2.05) is 0 Å². The van der Waals surface area contributed by atoms with Gasteiger partial charge in [-0.3, -0.25) is 14.4 Å². The van der Waals surface area contributed by atoms with Crippen molar-refractivity contribution in [3.05, 3.63) is 33.3 Å². The standard InChI is InChI=1S/C14H15BrClN3O3/c15-9-2-1-8(16)5-7(9)6-11(13(17)21)19-14(22)10-3-4-12(20)18-10/h1-2,5,10-11H,3-4,6H2,(H2,17,21)(H,18,20)(H,19,22)/t10-,11+/m0/s1. The minimum absolute atomic E-state index is 0.173. The van der Waals surface area contributed by atoms with Crippen molar-refractivity contribution in [1.29, 1.82) is 0 Å². The maximum absolute atomic E-state index is 12.1. The van der Waals surface area contributed by atoms with Gasteiger partial charge in [0.05, 0.1) is 0 Å². The van der Waals surface area contributed by atoms with Gasteiger partial charge in [0.1, 0.15) is 12.1 Å². The van der Waals surface area contributed by atoms with E-state index in [1.54, 1.807) is 18.2 Å². The predicted octanol–water partition coefficient (Wildman–Crippen LogP) is 0.894. The van der Waals surface area contributed by atoms with Crippen LogP contribution in [0.1, 0.15) is 18.4 Å². The molecule has 6 nitrogen and oxygen atoms in total. The van der Waals surface area contributed by atoms with E-state index in [0.29, 0.717) is 17.9 Å². The maximum Gasteiger partial charge on any atom is 0.243 e. The largest absolute Gasteiger partial charge is 0.368 e. The summed E-state index contributed by atoms with van der Waals surface area (Å²) in [6.07, 6.45) is 0.930. The highest BCUT2D eigenvalue weighted by Crippen LogP contribution is 2.22. The summed E-state index contributed by atoms with van der Waals surface area (Å²) in [4.78, 5) is 34.8. The molecule has 3 amide bonds. The van der Waals surface area contributed by atoms with Crippen LogP contribution in [-0.2, 0) is 20.8 Å². The SMILES string of the molecule is NC(=O)[C@@H](Cc1cc(Cl)ccc1Br)NC(=O)[C@@H]1CCC(=O)N1. The zero-order valence-corrected chi connectivity index (χ0v) is 13.9. The van der Waals surface area contributed by atoms with Gasteiger partial charge in [0.25, 0.3) is 0 Å². The minimum atomic E-state index is -0.875. The molecule has 0 spiro atoms. The van der Waals surface area contributed by atoms with E-state index in [2.05, 4.69) is 26.6 Å². The molecule has 1 aliphatic heterocycles. The van der Waals surface area contributed by atoms with E-state index < -0.39 is 23.9 Å². The van der Waals surface area contributed by atoms with Crippen molar-refractivity contribution in [3.63, 3.8) is 0 Å². The Balaban J connectivity index is 2.07. The number of benzene rings is 1. The van der Waals surface area contributed by atoms with Crippen molar-refractivity contribution in [2.24, 2.45) is 5.73 Å². The van der Waals surface area contributed by atoms with Gasteiger partial charge in [-0.2, -0.15) is 0 Å². The fourth-order valence-electron chi connectivity index (χ4n) is 2.23. The van der Waals surface area contributed by atoms with Gasteiger partial charge in [-0.05, 0) is 30.2 Å². The Morgan fingerprint density at radius 1 is 1.50 bits per heavy atom. The molecule has 1 saturated heterocycles. The molecule has 2 atom stereocenters. The molecule has 0 saturated carbocycles. The number of carbonyl (C=O) groups excluding carboxylic acids is 3. The fraction of sp³-hybridized carbons (Fsp3) is 0.357. The minimum Gasteiger partial charge on any atom is -0.368 e. The lowest BCUT2D eigenvalue weighted by molar-refractivity contribution is -0.129. The van der Waals surface area contributed by atoms with Gasteiger partial charge in [0, 0.05) is 22.3 Å². The van der Waals surface area contributed by atoms with Crippen LogP contribution in [-0.4, -0.2) is 29.8 Å². The number of amides is 3. The van der Waals surface area contributed by atoms with E-state index in [0.717, 1.165) is 10.0 Å². The van der Waals surface area contributed by atoms with Gasteiger partial charge in [0.15, 0.2) is 0 Å². The molecule has 1 fully saturated rings. The van der Waals surface area contributed by atoms with Crippen LogP contribution in [0.5, 0.6) is 0 Å². The molecule has 118 valence electrons. The third kappa shape index (κ3) is 4.20. The lowest BCUT2D eigenvalue weighted by Gasteiger charge is -2.19. The van der Waals surface area contributed by atoms with E-state index >= 15 is 0 Å². The van der Waals surface area contributed by atoms with Crippen molar-refractivity contribution >= 4 is 45.3 Å². The zero-order chi connectivity index (χ0) is 16.3. The van der Waals surface area contributed by atoms with Gasteiger partial charge in [-0.1, -0.05) is 27.5 Å². The molecule has 0 radical (unpaired) electrons. The summed E-state index contributed by atoms with van der Waals surface area (Å²) in [7, 11) is 0. The van der Waals surface area contributed by atoms with Crippen molar-refractivity contribution < 1.29 is 14.4 Å². The van der Waals surface area contributed by atoms with Crippen LogP contribution >= 0.6 is 27.5 Å². The van der Waals surface area contributed by atoms with Crippen LogP contribution in [0.2, 0.25) is 5.02 Å². The van der Waals surface area contributed by atoms with E-state index in [-0.39, 0.29) is 12.3 Å². The second-order valence-electron chi connectivity index (χ2n) is 5.06. The molecule has 1 heterocycles. The van der Waals surface area contributed by atoms with Gasteiger partial charge >= 0.3 is 0 Å².